The van der Waals surface area contributed by atoms with Gasteiger partial charge in [0.15, 0.2) is 0 Å². The minimum atomic E-state index is -0.464. The van der Waals surface area contributed by atoms with Crippen molar-refractivity contribution in [3.63, 3.8) is 0 Å². The highest BCUT2D eigenvalue weighted by atomic mass is 16.2. The lowest BCUT2D eigenvalue weighted by Gasteiger charge is -2.24. The zero-order chi connectivity index (χ0) is 12.5. The number of amides is 1. The summed E-state index contributed by atoms with van der Waals surface area (Å²) in [5, 5.41) is 6.10. The molecule has 1 heterocycles. The molecule has 1 atom stereocenters. The average Bonchev–Trinajstić information content (AvgIpc) is 3.06. The molecule has 1 amide bonds. The third kappa shape index (κ3) is 3.19. The molecule has 0 bridgehead atoms. The fourth-order valence-corrected chi connectivity index (χ4v) is 2.37. The monoisotopic (exact) mass is 239 g/mol. The molecular formula is C13H25N3O. The van der Waals surface area contributed by atoms with E-state index in [0.29, 0.717) is 5.92 Å². The van der Waals surface area contributed by atoms with Crippen molar-refractivity contribution in [1.29, 1.82) is 0 Å². The second-order valence-corrected chi connectivity index (χ2v) is 5.97. The van der Waals surface area contributed by atoms with Crippen molar-refractivity contribution in [3.8, 4) is 0 Å². The zero-order valence-corrected chi connectivity index (χ0v) is 11.3. The Balaban J connectivity index is 1.70. The smallest absolute Gasteiger partial charge is 0.239 e. The van der Waals surface area contributed by atoms with Crippen LogP contribution in [-0.2, 0) is 4.79 Å². The molecule has 0 aromatic rings. The van der Waals surface area contributed by atoms with Crippen molar-refractivity contribution in [1.82, 2.24) is 15.5 Å². The van der Waals surface area contributed by atoms with E-state index >= 15 is 0 Å². The zero-order valence-electron chi connectivity index (χ0n) is 11.3. The van der Waals surface area contributed by atoms with E-state index < -0.39 is 5.54 Å². The number of hydrogen-bond donors (Lipinski definition) is 2. The SMILES string of the molecule is CNC(C)(C)C(=O)NCC1CCN(C2CC2)C1. The summed E-state index contributed by atoms with van der Waals surface area (Å²) in [5.74, 6) is 0.747. The fraction of sp³-hybridized carbons (Fsp3) is 0.923. The van der Waals surface area contributed by atoms with E-state index in [1.165, 1.54) is 32.4 Å². The quantitative estimate of drug-likeness (QED) is 0.738. The van der Waals surface area contributed by atoms with Crippen molar-refractivity contribution in [2.75, 3.05) is 26.7 Å². The van der Waals surface area contributed by atoms with Crippen LogP contribution in [0.5, 0.6) is 0 Å². The van der Waals surface area contributed by atoms with Gasteiger partial charge >= 0.3 is 0 Å². The Kier molecular flexibility index (Phi) is 3.73. The van der Waals surface area contributed by atoms with Gasteiger partial charge in [0.1, 0.15) is 0 Å². The third-order valence-corrected chi connectivity index (χ3v) is 4.12. The first-order chi connectivity index (χ1) is 8.03. The standard InChI is InChI=1S/C13H25N3O/c1-13(2,14-3)12(17)15-8-10-6-7-16(9-10)11-4-5-11/h10-11,14H,4-9H2,1-3H3,(H,15,17). The first-order valence-electron chi connectivity index (χ1n) is 6.74. The average molecular weight is 239 g/mol. The maximum atomic E-state index is 11.9. The Labute approximate surface area is 104 Å². The molecule has 2 fully saturated rings. The minimum absolute atomic E-state index is 0.102. The summed E-state index contributed by atoms with van der Waals surface area (Å²) in [6, 6.07) is 0.865. The Bertz CT molecular complexity index is 286. The van der Waals surface area contributed by atoms with Gasteiger partial charge in [0.2, 0.25) is 5.91 Å². The molecule has 0 aromatic heterocycles. The maximum Gasteiger partial charge on any atom is 0.239 e. The summed E-state index contributed by atoms with van der Waals surface area (Å²) >= 11 is 0. The first kappa shape index (κ1) is 12.8. The summed E-state index contributed by atoms with van der Waals surface area (Å²) in [5.41, 5.74) is -0.464. The number of hydrogen-bond acceptors (Lipinski definition) is 3. The number of nitrogens with one attached hydrogen (secondary N) is 2. The van der Waals surface area contributed by atoms with E-state index in [4.69, 9.17) is 0 Å². The Morgan fingerprint density at radius 3 is 2.65 bits per heavy atom. The van der Waals surface area contributed by atoms with Crippen LogP contribution in [0.2, 0.25) is 0 Å². The highest BCUT2D eigenvalue weighted by molar-refractivity contribution is 5.85. The van der Waals surface area contributed by atoms with E-state index in [1.54, 1.807) is 0 Å². The molecule has 1 aliphatic heterocycles. The van der Waals surface area contributed by atoms with Gasteiger partial charge in [0.05, 0.1) is 5.54 Å². The first-order valence-corrected chi connectivity index (χ1v) is 6.74. The Morgan fingerprint density at radius 2 is 2.06 bits per heavy atom. The highest BCUT2D eigenvalue weighted by Gasteiger charge is 2.34. The molecule has 1 aliphatic carbocycles. The van der Waals surface area contributed by atoms with Crippen LogP contribution in [0.3, 0.4) is 0 Å². The molecule has 0 aromatic carbocycles. The normalized spacial score (nSPS) is 26.2. The predicted octanol–water partition coefficient (Wildman–Crippen LogP) is 0.585. The van der Waals surface area contributed by atoms with Gasteiger partial charge in [-0.05, 0) is 52.6 Å². The largest absolute Gasteiger partial charge is 0.354 e. The Hall–Kier alpha value is -0.610. The van der Waals surface area contributed by atoms with Crippen LogP contribution in [0.15, 0.2) is 0 Å². The number of likely N-dealkylation sites (N-methyl/N-ethyl adjacent to an activating group) is 1. The van der Waals surface area contributed by atoms with Crippen molar-refractivity contribution in [2.24, 2.45) is 5.92 Å². The molecule has 4 heteroatoms. The van der Waals surface area contributed by atoms with Crippen molar-refractivity contribution in [2.45, 2.75) is 44.7 Å². The molecular weight excluding hydrogens is 214 g/mol. The van der Waals surface area contributed by atoms with Crippen LogP contribution in [0, 0.1) is 5.92 Å². The van der Waals surface area contributed by atoms with Crippen molar-refractivity contribution >= 4 is 5.91 Å². The highest BCUT2D eigenvalue weighted by Crippen LogP contribution is 2.31. The van der Waals surface area contributed by atoms with E-state index in [-0.39, 0.29) is 5.91 Å². The topological polar surface area (TPSA) is 44.4 Å². The molecule has 2 aliphatic rings. The molecule has 1 unspecified atom stereocenters. The van der Waals surface area contributed by atoms with Crippen LogP contribution in [0.1, 0.15) is 33.1 Å². The maximum absolute atomic E-state index is 11.9. The van der Waals surface area contributed by atoms with Gasteiger partial charge in [0.25, 0.3) is 0 Å². The lowest BCUT2D eigenvalue weighted by Crippen LogP contribution is -2.52. The molecule has 17 heavy (non-hydrogen) atoms. The Morgan fingerprint density at radius 1 is 1.35 bits per heavy atom. The summed E-state index contributed by atoms with van der Waals surface area (Å²) in [6.07, 6.45) is 3.99. The van der Waals surface area contributed by atoms with E-state index in [0.717, 1.165) is 12.6 Å². The van der Waals surface area contributed by atoms with Gasteiger partial charge in [-0.15, -0.1) is 0 Å². The number of carbonyl (C=O) groups is 1. The molecule has 1 saturated heterocycles. The van der Waals surface area contributed by atoms with Crippen LogP contribution in [0.4, 0.5) is 0 Å². The molecule has 98 valence electrons. The number of nitrogens with zero attached hydrogens (tertiary/aromatic N) is 1. The van der Waals surface area contributed by atoms with Crippen LogP contribution in [0.25, 0.3) is 0 Å². The summed E-state index contributed by atoms with van der Waals surface area (Å²) in [7, 11) is 1.82. The molecule has 4 nitrogen and oxygen atoms in total. The van der Waals surface area contributed by atoms with Gasteiger partial charge in [-0.1, -0.05) is 0 Å². The number of carbonyl (C=O) groups excluding carboxylic acids is 1. The lowest BCUT2D eigenvalue weighted by molar-refractivity contribution is -0.126. The van der Waals surface area contributed by atoms with Crippen LogP contribution < -0.4 is 10.6 Å². The molecule has 0 spiro atoms. The molecule has 0 radical (unpaired) electrons. The third-order valence-electron chi connectivity index (χ3n) is 4.12. The van der Waals surface area contributed by atoms with Gasteiger partial charge in [-0.3, -0.25) is 4.79 Å². The van der Waals surface area contributed by atoms with E-state index in [9.17, 15) is 4.79 Å². The number of rotatable bonds is 5. The lowest BCUT2D eigenvalue weighted by atomic mass is 10.0. The predicted molar refractivity (Wildman–Crippen MR) is 68.9 cm³/mol. The summed E-state index contributed by atoms with van der Waals surface area (Å²) in [6.45, 7) is 7.04. The van der Waals surface area contributed by atoms with Crippen molar-refractivity contribution < 1.29 is 4.79 Å². The summed E-state index contributed by atoms with van der Waals surface area (Å²) < 4.78 is 0. The van der Waals surface area contributed by atoms with Crippen molar-refractivity contribution in [3.05, 3.63) is 0 Å². The second kappa shape index (κ2) is 4.94. The minimum Gasteiger partial charge on any atom is -0.354 e. The summed E-state index contributed by atoms with van der Waals surface area (Å²) in [4.78, 5) is 14.5. The van der Waals surface area contributed by atoms with Gasteiger partial charge in [-0.2, -0.15) is 0 Å². The molecule has 1 saturated carbocycles. The van der Waals surface area contributed by atoms with Gasteiger partial charge < -0.3 is 15.5 Å². The molecule has 2 rings (SSSR count). The molecule has 2 N–H and O–H groups in total. The van der Waals surface area contributed by atoms with Crippen LogP contribution >= 0.6 is 0 Å². The second-order valence-electron chi connectivity index (χ2n) is 5.97. The fourth-order valence-electron chi connectivity index (χ4n) is 2.37. The van der Waals surface area contributed by atoms with Crippen LogP contribution in [-0.4, -0.2) is 49.1 Å². The van der Waals surface area contributed by atoms with E-state index in [2.05, 4.69) is 15.5 Å². The van der Waals surface area contributed by atoms with Gasteiger partial charge in [0, 0.05) is 19.1 Å². The number of likely N-dealkylation sites (tertiary alicyclic amines) is 1. The van der Waals surface area contributed by atoms with Gasteiger partial charge in [-0.25, -0.2) is 0 Å². The van der Waals surface area contributed by atoms with E-state index in [1.807, 2.05) is 20.9 Å².